The van der Waals surface area contributed by atoms with E-state index in [-0.39, 0.29) is 15.7 Å². The fraction of sp³-hybridized carbons (Fsp3) is 0.188. The molecule has 0 saturated heterocycles. The van der Waals surface area contributed by atoms with Gasteiger partial charge in [-0.15, -0.1) is 0 Å². The normalized spacial score (nSPS) is 12.4. The Morgan fingerprint density at radius 1 is 1.22 bits per heavy atom. The van der Waals surface area contributed by atoms with Gasteiger partial charge in [0, 0.05) is 5.02 Å². The largest absolute Gasteiger partial charge is 0.495 e. The predicted octanol–water partition coefficient (Wildman–Crippen LogP) is 3.20. The first-order valence-corrected chi connectivity index (χ1v) is 8.55. The van der Waals surface area contributed by atoms with Crippen LogP contribution < -0.4 is 9.46 Å². The zero-order valence-corrected chi connectivity index (χ0v) is 14.1. The molecule has 1 atom stereocenters. The summed E-state index contributed by atoms with van der Waals surface area (Å²) in [4.78, 5) is -0.111. The van der Waals surface area contributed by atoms with Gasteiger partial charge in [0.1, 0.15) is 16.7 Å². The number of sulfonamides is 1. The van der Waals surface area contributed by atoms with E-state index in [4.69, 9.17) is 16.3 Å². The Bertz CT molecular complexity index is 843. The summed E-state index contributed by atoms with van der Waals surface area (Å²) in [6, 6.07) is 12.3. The molecule has 0 spiro atoms. The highest BCUT2D eigenvalue weighted by Gasteiger charge is 2.24. The minimum absolute atomic E-state index is 0.111. The smallest absolute Gasteiger partial charge is 0.245 e. The maximum absolute atomic E-state index is 12.6. The van der Waals surface area contributed by atoms with Crippen LogP contribution in [0.4, 0.5) is 0 Å². The number of nitrogens with zero attached hydrogens (tertiary/aromatic N) is 1. The summed E-state index contributed by atoms with van der Waals surface area (Å²) < 4.78 is 32.6. The topological polar surface area (TPSA) is 79.2 Å². The molecular formula is C16H15ClN2O3S. The van der Waals surface area contributed by atoms with Gasteiger partial charge in [0.25, 0.3) is 0 Å². The second-order valence-electron chi connectivity index (χ2n) is 4.89. The summed E-state index contributed by atoms with van der Waals surface area (Å²) in [6.45, 7) is 1.91. The van der Waals surface area contributed by atoms with Gasteiger partial charge in [0.2, 0.25) is 10.0 Å². The second kappa shape index (κ2) is 7.01. The summed E-state index contributed by atoms with van der Waals surface area (Å²) in [5.74, 6) is 0.155. The van der Waals surface area contributed by atoms with Gasteiger partial charge in [-0.25, -0.2) is 8.42 Å². The Labute approximate surface area is 140 Å². The highest BCUT2D eigenvalue weighted by Crippen LogP contribution is 2.28. The number of ether oxygens (including phenoxy) is 1. The van der Waals surface area contributed by atoms with Crippen molar-refractivity contribution < 1.29 is 13.2 Å². The highest BCUT2D eigenvalue weighted by molar-refractivity contribution is 7.89. The minimum Gasteiger partial charge on any atom is -0.495 e. The van der Waals surface area contributed by atoms with Crippen LogP contribution in [0.5, 0.6) is 5.75 Å². The first-order valence-electron chi connectivity index (χ1n) is 6.69. The van der Waals surface area contributed by atoms with E-state index in [9.17, 15) is 13.7 Å². The van der Waals surface area contributed by atoms with Crippen molar-refractivity contribution in [3.05, 3.63) is 58.6 Å². The molecule has 1 N–H and O–H groups in total. The molecule has 2 rings (SSSR count). The molecule has 2 aromatic rings. The van der Waals surface area contributed by atoms with Gasteiger partial charge in [0.15, 0.2) is 0 Å². The number of nitriles is 1. The van der Waals surface area contributed by atoms with Crippen molar-refractivity contribution in [2.75, 3.05) is 7.11 Å². The number of hydrogen-bond acceptors (Lipinski definition) is 4. The van der Waals surface area contributed by atoms with E-state index in [2.05, 4.69) is 4.72 Å². The number of rotatable bonds is 5. The van der Waals surface area contributed by atoms with E-state index in [1.165, 1.54) is 25.3 Å². The van der Waals surface area contributed by atoms with Crippen LogP contribution >= 0.6 is 11.6 Å². The summed E-state index contributed by atoms with van der Waals surface area (Å²) in [5.41, 5.74) is 1.58. The SMILES string of the molecule is COc1ccc(Cl)cc1S(=O)(=O)NC(C#N)c1ccc(C)cc1. The van der Waals surface area contributed by atoms with Gasteiger partial charge >= 0.3 is 0 Å². The van der Waals surface area contributed by atoms with Crippen LogP contribution in [0.2, 0.25) is 5.02 Å². The van der Waals surface area contributed by atoms with Gasteiger partial charge in [0.05, 0.1) is 13.2 Å². The lowest BCUT2D eigenvalue weighted by molar-refractivity contribution is 0.402. The third-order valence-corrected chi connectivity index (χ3v) is 4.91. The molecule has 0 aliphatic heterocycles. The average Bonchev–Trinajstić information content (AvgIpc) is 2.53. The second-order valence-corrected chi connectivity index (χ2v) is 7.01. The van der Waals surface area contributed by atoms with E-state index in [0.717, 1.165) is 5.56 Å². The van der Waals surface area contributed by atoms with Crippen molar-refractivity contribution in [1.29, 1.82) is 5.26 Å². The Kier molecular flexibility index (Phi) is 5.26. The molecule has 0 bridgehead atoms. The molecule has 23 heavy (non-hydrogen) atoms. The molecule has 0 fully saturated rings. The van der Waals surface area contributed by atoms with E-state index in [1.807, 2.05) is 25.1 Å². The molecule has 0 saturated carbocycles. The quantitative estimate of drug-likeness (QED) is 0.898. The molecular weight excluding hydrogens is 336 g/mol. The number of aryl methyl sites for hydroxylation is 1. The van der Waals surface area contributed by atoms with Crippen LogP contribution in [0.1, 0.15) is 17.2 Å². The predicted molar refractivity (Wildman–Crippen MR) is 87.9 cm³/mol. The average molecular weight is 351 g/mol. The molecule has 0 aromatic heterocycles. The van der Waals surface area contributed by atoms with Crippen molar-refractivity contribution >= 4 is 21.6 Å². The molecule has 0 radical (unpaired) electrons. The van der Waals surface area contributed by atoms with Crippen LogP contribution in [-0.2, 0) is 10.0 Å². The van der Waals surface area contributed by atoms with Gasteiger partial charge in [-0.1, -0.05) is 41.4 Å². The van der Waals surface area contributed by atoms with Gasteiger partial charge < -0.3 is 4.74 Å². The Morgan fingerprint density at radius 2 is 1.87 bits per heavy atom. The summed E-state index contributed by atoms with van der Waals surface area (Å²) in [5, 5.41) is 9.57. The lowest BCUT2D eigenvalue weighted by Gasteiger charge is -2.15. The molecule has 5 nitrogen and oxygen atoms in total. The number of benzene rings is 2. The van der Waals surface area contributed by atoms with E-state index in [1.54, 1.807) is 12.1 Å². The maximum atomic E-state index is 12.6. The molecule has 120 valence electrons. The molecule has 2 aromatic carbocycles. The fourth-order valence-corrected chi connectivity index (χ4v) is 3.57. The zero-order chi connectivity index (χ0) is 17.0. The molecule has 0 amide bonds. The van der Waals surface area contributed by atoms with E-state index in [0.29, 0.717) is 5.56 Å². The zero-order valence-electron chi connectivity index (χ0n) is 12.6. The Morgan fingerprint density at radius 3 is 2.43 bits per heavy atom. The molecule has 1 unspecified atom stereocenters. The van der Waals surface area contributed by atoms with Crippen molar-refractivity contribution in [2.24, 2.45) is 0 Å². The number of methoxy groups -OCH3 is 1. The number of nitrogens with one attached hydrogen (secondary N) is 1. The molecule has 0 aliphatic carbocycles. The van der Waals surface area contributed by atoms with Crippen LogP contribution in [0.25, 0.3) is 0 Å². The monoisotopic (exact) mass is 350 g/mol. The Balaban J connectivity index is 2.38. The van der Waals surface area contributed by atoms with Gasteiger partial charge in [-0.05, 0) is 30.7 Å². The lowest BCUT2D eigenvalue weighted by atomic mass is 10.1. The van der Waals surface area contributed by atoms with Crippen molar-refractivity contribution in [3.8, 4) is 11.8 Å². The molecule has 7 heteroatoms. The minimum atomic E-state index is -3.98. The first kappa shape index (κ1) is 17.3. The summed E-state index contributed by atoms with van der Waals surface area (Å²) in [6.07, 6.45) is 0. The van der Waals surface area contributed by atoms with Crippen LogP contribution in [0.15, 0.2) is 47.4 Å². The molecule has 0 aliphatic rings. The molecule has 0 heterocycles. The van der Waals surface area contributed by atoms with Crippen LogP contribution in [0.3, 0.4) is 0 Å². The third kappa shape index (κ3) is 4.02. The van der Waals surface area contributed by atoms with E-state index >= 15 is 0 Å². The highest BCUT2D eigenvalue weighted by atomic mass is 35.5. The first-order chi connectivity index (χ1) is 10.9. The number of hydrogen-bond donors (Lipinski definition) is 1. The van der Waals surface area contributed by atoms with Crippen molar-refractivity contribution in [1.82, 2.24) is 4.72 Å². The van der Waals surface area contributed by atoms with E-state index < -0.39 is 16.1 Å². The van der Waals surface area contributed by atoms with Crippen molar-refractivity contribution in [2.45, 2.75) is 17.9 Å². The van der Waals surface area contributed by atoms with Gasteiger partial charge in [-0.3, -0.25) is 0 Å². The summed E-state index contributed by atoms with van der Waals surface area (Å²) >= 11 is 5.87. The third-order valence-electron chi connectivity index (χ3n) is 3.23. The van der Waals surface area contributed by atoms with Crippen LogP contribution in [0, 0.1) is 18.3 Å². The standard InChI is InChI=1S/C16H15ClN2O3S/c1-11-3-5-12(6-4-11)14(10-18)19-23(20,21)16-9-13(17)7-8-15(16)22-2/h3-9,14,19H,1-2H3. The maximum Gasteiger partial charge on any atom is 0.245 e. The fourth-order valence-electron chi connectivity index (χ4n) is 2.01. The van der Waals surface area contributed by atoms with Gasteiger partial charge in [-0.2, -0.15) is 9.98 Å². The van der Waals surface area contributed by atoms with Crippen molar-refractivity contribution in [3.63, 3.8) is 0 Å². The Hall–Kier alpha value is -2.07. The lowest BCUT2D eigenvalue weighted by Crippen LogP contribution is -2.28. The number of halogens is 1. The summed E-state index contributed by atoms with van der Waals surface area (Å²) in [7, 11) is -2.61. The van der Waals surface area contributed by atoms with Crippen LogP contribution in [-0.4, -0.2) is 15.5 Å².